The number of benzene rings is 2. The van der Waals surface area contributed by atoms with Gasteiger partial charge in [0, 0.05) is 25.2 Å². The number of ether oxygens (including phenoxy) is 3. The van der Waals surface area contributed by atoms with Crippen LogP contribution in [0.4, 0.5) is 0 Å². The van der Waals surface area contributed by atoms with E-state index in [1.807, 2.05) is 36.4 Å². The summed E-state index contributed by atoms with van der Waals surface area (Å²) in [5.74, 6) is 1.26. The van der Waals surface area contributed by atoms with Crippen LogP contribution in [0.25, 0.3) is 0 Å². The molecule has 1 unspecified atom stereocenters. The van der Waals surface area contributed by atoms with Gasteiger partial charge in [0.2, 0.25) is 11.7 Å². The maximum absolute atomic E-state index is 13.3. The van der Waals surface area contributed by atoms with Gasteiger partial charge < -0.3 is 29.3 Å². The van der Waals surface area contributed by atoms with Gasteiger partial charge in [0.15, 0.2) is 11.5 Å². The summed E-state index contributed by atoms with van der Waals surface area (Å²) in [6.07, 6.45) is 2.57. The first-order valence-electron chi connectivity index (χ1n) is 11.7. The second-order valence-electron chi connectivity index (χ2n) is 8.67. The van der Waals surface area contributed by atoms with E-state index in [1.54, 1.807) is 26.2 Å². The number of methoxy groups -OCH3 is 3. The Bertz CT molecular complexity index is 1010. The van der Waals surface area contributed by atoms with Gasteiger partial charge >= 0.3 is 0 Å². The van der Waals surface area contributed by atoms with E-state index in [9.17, 15) is 9.59 Å². The second-order valence-corrected chi connectivity index (χ2v) is 8.67. The fourth-order valence-electron chi connectivity index (χ4n) is 4.84. The molecule has 8 nitrogen and oxygen atoms in total. The SMILES string of the molecule is COc1cc(C(CC(=O)NCCN2CCCC2)N2Cc3ccccc3C2=O)cc(OC)c1OC. The molecule has 182 valence electrons. The number of likely N-dealkylation sites (tertiary alicyclic amines) is 1. The average molecular weight is 468 g/mol. The maximum atomic E-state index is 13.3. The number of hydrogen-bond acceptors (Lipinski definition) is 6. The van der Waals surface area contributed by atoms with E-state index in [2.05, 4.69) is 10.2 Å². The molecule has 2 heterocycles. The van der Waals surface area contributed by atoms with Gasteiger partial charge in [-0.25, -0.2) is 0 Å². The van der Waals surface area contributed by atoms with Crippen LogP contribution >= 0.6 is 0 Å². The molecule has 1 saturated heterocycles. The van der Waals surface area contributed by atoms with Crippen LogP contribution < -0.4 is 19.5 Å². The molecule has 1 fully saturated rings. The van der Waals surface area contributed by atoms with Gasteiger partial charge in [0.25, 0.3) is 5.91 Å². The molecule has 4 rings (SSSR count). The fraction of sp³-hybridized carbons (Fsp3) is 0.462. The van der Waals surface area contributed by atoms with E-state index in [0.29, 0.717) is 35.9 Å². The quantitative estimate of drug-likeness (QED) is 0.579. The third-order valence-corrected chi connectivity index (χ3v) is 6.63. The van der Waals surface area contributed by atoms with E-state index in [0.717, 1.165) is 30.8 Å². The standard InChI is InChI=1S/C26H33N3O5/c1-32-22-14-19(15-23(33-2)25(22)34-3)21(16-24(30)27-10-13-28-11-6-7-12-28)29-17-18-8-4-5-9-20(18)26(29)31/h4-5,8-9,14-15,21H,6-7,10-13,16-17H2,1-3H3,(H,27,30). The largest absolute Gasteiger partial charge is 0.493 e. The van der Waals surface area contributed by atoms with E-state index < -0.39 is 6.04 Å². The smallest absolute Gasteiger partial charge is 0.255 e. The first-order chi connectivity index (χ1) is 16.5. The Kier molecular flexibility index (Phi) is 7.57. The zero-order valence-electron chi connectivity index (χ0n) is 20.1. The van der Waals surface area contributed by atoms with Crippen molar-refractivity contribution < 1.29 is 23.8 Å². The van der Waals surface area contributed by atoms with Crippen LogP contribution in [0.5, 0.6) is 17.2 Å². The van der Waals surface area contributed by atoms with Crippen molar-refractivity contribution in [2.24, 2.45) is 0 Å². The second kappa shape index (κ2) is 10.8. The molecule has 0 saturated carbocycles. The summed E-state index contributed by atoms with van der Waals surface area (Å²) in [5.41, 5.74) is 2.39. The minimum Gasteiger partial charge on any atom is -0.493 e. The molecule has 2 aliphatic rings. The lowest BCUT2D eigenvalue weighted by atomic mass is 10.00. The third kappa shape index (κ3) is 4.97. The highest BCUT2D eigenvalue weighted by molar-refractivity contribution is 5.98. The highest BCUT2D eigenvalue weighted by Crippen LogP contribution is 2.42. The highest BCUT2D eigenvalue weighted by Gasteiger charge is 2.35. The minimum absolute atomic E-state index is 0.0841. The van der Waals surface area contributed by atoms with Crippen molar-refractivity contribution in [1.82, 2.24) is 15.1 Å². The predicted octanol–water partition coefficient (Wildman–Crippen LogP) is 3.01. The Morgan fingerprint density at radius 2 is 1.71 bits per heavy atom. The Balaban J connectivity index is 1.59. The Morgan fingerprint density at radius 3 is 2.32 bits per heavy atom. The van der Waals surface area contributed by atoms with Crippen LogP contribution in [0.15, 0.2) is 36.4 Å². The van der Waals surface area contributed by atoms with Crippen molar-refractivity contribution in [1.29, 1.82) is 0 Å². The maximum Gasteiger partial charge on any atom is 0.255 e. The normalized spacial score (nSPS) is 16.3. The first-order valence-corrected chi connectivity index (χ1v) is 11.7. The molecular formula is C26H33N3O5. The highest BCUT2D eigenvalue weighted by atomic mass is 16.5. The van der Waals surface area contributed by atoms with E-state index in [1.165, 1.54) is 12.8 Å². The minimum atomic E-state index is -0.486. The molecule has 2 aromatic rings. The molecule has 2 aliphatic heterocycles. The van der Waals surface area contributed by atoms with E-state index in [4.69, 9.17) is 14.2 Å². The summed E-state index contributed by atoms with van der Waals surface area (Å²) in [7, 11) is 4.65. The number of carbonyl (C=O) groups excluding carboxylic acids is 2. The van der Waals surface area contributed by atoms with E-state index >= 15 is 0 Å². The Morgan fingerprint density at radius 1 is 1.03 bits per heavy atom. The van der Waals surface area contributed by atoms with Crippen molar-refractivity contribution in [3.05, 3.63) is 53.1 Å². The van der Waals surface area contributed by atoms with Crippen LogP contribution in [0.3, 0.4) is 0 Å². The average Bonchev–Trinajstić information content (AvgIpc) is 3.49. The number of nitrogens with zero attached hydrogens (tertiary/aromatic N) is 2. The van der Waals surface area contributed by atoms with Gasteiger partial charge in [-0.3, -0.25) is 9.59 Å². The van der Waals surface area contributed by atoms with Gasteiger partial charge in [0.1, 0.15) is 0 Å². The number of hydrogen-bond donors (Lipinski definition) is 1. The molecule has 0 spiro atoms. The summed E-state index contributed by atoms with van der Waals surface area (Å²) in [5, 5.41) is 3.04. The van der Waals surface area contributed by atoms with Gasteiger partial charge in [-0.15, -0.1) is 0 Å². The van der Waals surface area contributed by atoms with Gasteiger partial charge in [0.05, 0.1) is 33.8 Å². The van der Waals surface area contributed by atoms with Crippen molar-refractivity contribution in [3.8, 4) is 17.2 Å². The molecule has 8 heteroatoms. The number of fused-ring (bicyclic) bond motifs is 1. The summed E-state index contributed by atoms with van der Waals surface area (Å²) in [6, 6.07) is 10.7. The number of amides is 2. The zero-order chi connectivity index (χ0) is 24.1. The number of rotatable bonds is 10. The summed E-state index contributed by atoms with van der Waals surface area (Å²) >= 11 is 0. The molecule has 34 heavy (non-hydrogen) atoms. The molecule has 2 aromatic carbocycles. The molecule has 0 aromatic heterocycles. The van der Waals surface area contributed by atoms with Crippen LogP contribution in [-0.4, -0.2) is 69.1 Å². The fourth-order valence-corrected chi connectivity index (χ4v) is 4.84. The van der Waals surface area contributed by atoms with Crippen LogP contribution in [-0.2, 0) is 11.3 Å². The lowest BCUT2D eigenvalue weighted by molar-refractivity contribution is -0.122. The molecule has 1 atom stereocenters. The Labute approximate surface area is 200 Å². The third-order valence-electron chi connectivity index (χ3n) is 6.63. The van der Waals surface area contributed by atoms with Crippen LogP contribution in [0.2, 0.25) is 0 Å². The molecule has 2 amide bonds. The van der Waals surface area contributed by atoms with Gasteiger partial charge in [-0.2, -0.15) is 0 Å². The molecule has 0 radical (unpaired) electrons. The summed E-state index contributed by atoms with van der Waals surface area (Å²) in [6.45, 7) is 4.05. The lowest BCUT2D eigenvalue weighted by Gasteiger charge is -2.29. The van der Waals surface area contributed by atoms with Gasteiger partial charge in [-0.1, -0.05) is 18.2 Å². The summed E-state index contributed by atoms with van der Waals surface area (Å²) in [4.78, 5) is 30.4. The van der Waals surface area contributed by atoms with Gasteiger partial charge in [-0.05, 0) is 55.3 Å². The Hall–Kier alpha value is -3.26. The van der Waals surface area contributed by atoms with E-state index in [-0.39, 0.29) is 18.2 Å². The molecule has 0 aliphatic carbocycles. The first kappa shape index (κ1) is 23.9. The topological polar surface area (TPSA) is 80.3 Å². The monoisotopic (exact) mass is 467 g/mol. The lowest BCUT2D eigenvalue weighted by Crippen LogP contribution is -2.37. The zero-order valence-corrected chi connectivity index (χ0v) is 20.1. The predicted molar refractivity (Wildman–Crippen MR) is 128 cm³/mol. The summed E-state index contributed by atoms with van der Waals surface area (Å²) < 4.78 is 16.5. The number of carbonyl (C=O) groups is 2. The molecule has 1 N–H and O–H groups in total. The van der Waals surface area contributed by atoms with Crippen LogP contribution in [0, 0.1) is 0 Å². The molecular weight excluding hydrogens is 434 g/mol. The molecule has 0 bridgehead atoms. The van der Waals surface area contributed by atoms with Crippen molar-refractivity contribution in [3.63, 3.8) is 0 Å². The van der Waals surface area contributed by atoms with Crippen molar-refractivity contribution in [2.45, 2.75) is 31.8 Å². The van der Waals surface area contributed by atoms with Crippen LogP contribution in [0.1, 0.15) is 46.8 Å². The van der Waals surface area contributed by atoms with Crippen molar-refractivity contribution in [2.75, 3.05) is 47.5 Å². The van der Waals surface area contributed by atoms with Crippen molar-refractivity contribution >= 4 is 11.8 Å². The number of nitrogens with one attached hydrogen (secondary N) is 1.